The van der Waals surface area contributed by atoms with Crippen molar-refractivity contribution < 1.29 is 4.74 Å². The minimum atomic E-state index is 0.649. The van der Waals surface area contributed by atoms with Crippen LogP contribution in [0.1, 0.15) is 5.56 Å². The van der Waals surface area contributed by atoms with E-state index in [1.165, 1.54) is 5.56 Å². The van der Waals surface area contributed by atoms with Crippen molar-refractivity contribution in [3.05, 3.63) is 58.7 Å². The van der Waals surface area contributed by atoms with Crippen molar-refractivity contribution in [2.45, 2.75) is 6.92 Å². The molecule has 0 amide bonds. The Morgan fingerprint density at radius 2 is 1.95 bits per heavy atom. The van der Waals surface area contributed by atoms with Crippen LogP contribution in [0.15, 0.2) is 53.1 Å². The summed E-state index contributed by atoms with van der Waals surface area (Å²) in [5.41, 5.74) is 8.52. The summed E-state index contributed by atoms with van der Waals surface area (Å²) in [4.78, 5) is 4.30. The van der Waals surface area contributed by atoms with E-state index in [0.29, 0.717) is 5.69 Å². The third kappa shape index (κ3) is 2.34. The molecule has 3 nitrogen and oxygen atoms in total. The van der Waals surface area contributed by atoms with Gasteiger partial charge in [0.15, 0.2) is 0 Å². The van der Waals surface area contributed by atoms with E-state index in [-0.39, 0.29) is 0 Å². The van der Waals surface area contributed by atoms with E-state index in [1.54, 1.807) is 6.20 Å². The number of para-hydroxylation sites is 1. The van der Waals surface area contributed by atoms with Gasteiger partial charge < -0.3 is 10.5 Å². The van der Waals surface area contributed by atoms with Gasteiger partial charge in [-0.3, -0.25) is 4.98 Å². The van der Waals surface area contributed by atoms with E-state index in [4.69, 9.17) is 10.5 Å². The molecule has 2 N–H and O–H groups in total. The van der Waals surface area contributed by atoms with Crippen LogP contribution in [-0.2, 0) is 0 Å². The van der Waals surface area contributed by atoms with Gasteiger partial charge in [0.25, 0.3) is 0 Å². The number of aryl methyl sites for hydroxylation is 1. The number of ether oxygens (including phenoxy) is 1. The lowest BCUT2D eigenvalue weighted by Crippen LogP contribution is -1.92. The smallest absolute Gasteiger partial charge is 0.141 e. The standard InChI is InChI=1S/C16H13BrN2O/c1-10-5-6-15(12(17)9-10)20-14-7-8-19-16-11(14)3-2-4-13(16)18/h2-9H,18H2,1H3. The normalized spacial score (nSPS) is 10.7. The number of benzene rings is 2. The molecule has 0 saturated carbocycles. The molecule has 1 aromatic heterocycles. The Labute approximate surface area is 125 Å². The number of hydrogen-bond donors (Lipinski definition) is 1. The lowest BCUT2D eigenvalue weighted by atomic mass is 10.2. The lowest BCUT2D eigenvalue weighted by molar-refractivity contribution is 0.484. The Morgan fingerprint density at radius 1 is 1.10 bits per heavy atom. The van der Waals surface area contributed by atoms with Crippen molar-refractivity contribution >= 4 is 32.5 Å². The number of nitrogens with zero attached hydrogens (tertiary/aromatic N) is 1. The van der Waals surface area contributed by atoms with Crippen molar-refractivity contribution in [2.24, 2.45) is 0 Å². The lowest BCUT2D eigenvalue weighted by Gasteiger charge is -2.11. The van der Waals surface area contributed by atoms with Crippen molar-refractivity contribution in [1.29, 1.82) is 0 Å². The van der Waals surface area contributed by atoms with Crippen LogP contribution in [-0.4, -0.2) is 4.98 Å². The quantitative estimate of drug-likeness (QED) is 0.695. The predicted octanol–water partition coefficient (Wildman–Crippen LogP) is 4.68. The molecule has 0 bridgehead atoms. The maximum absolute atomic E-state index is 5.99. The number of hydrogen-bond acceptors (Lipinski definition) is 3. The van der Waals surface area contributed by atoms with Crippen molar-refractivity contribution in [1.82, 2.24) is 4.98 Å². The fourth-order valence-corrected chi connectivity index (χ4v) is 2.64. The Morgan fingerprint density at radius 3 is 2.75 bits per heavy atom. The first-order valence-electron chi connectivity index (χ1n) is 6.22. The van der Waals surface area contributed by atoms with Gasteiger partial charge in [0, 0.05) is 11.6 Å². The van der Waals surface area contributed by atoms with Gasteiger partial charge in [-0.2, -0.15) is 0 Å². The molecule has 3 aromatic rings. The minimum Gasteiger partial charge on any atom is -0.455 e. The SMILES string of the molecule is Cc1ccc(Oc2ccnc3c(N)cccc23)c(Br)c1. The summed E-state index contributed by atoms with van der Waals surface area (Å²) in [6, 6.07) is 13.5. The van der Waals surface area contributed by atoms with Crippen LogP contribution < -0.4 is 10.5 Å². The van der Waals surface area contributed by atoms with Crippen LogP contribution in [0, 0.1) is 6.92 Å². The van der Waals surface area contributed by atoms with Gasteiger partial charge in [-0.1, -0.05) is 12.1 Å². The molecule has 1 heterocycles. The van der Waals surface area contributed by atoms with E-state index in [0.717, 1.165) is 26.9 Å². The number of halogens is 1. The topological polar surface area (TPSA) is 48.1 Å². The number of nitrogens with two attached hydrogens (primary N) is 1. The number of nitrogen functional groups attached to an aromatic ring is 1. The second-order valence-corrected chi connectivity index (χ2v) is 5.44. The fraction of sp³-hybridized carbons (Fsp3) is 0.0625. The fourth-order valence-electron chi connectivity index (χ4n) is 2.07. The summed E-state index contributed by atoms with van der Waals surface area (Å²) in [6.45, 7) is 2.04. The highest BCUT2D eigenvalue weighted by Gasteiger charge is 2.08. The van der Waals surface area contributed by atoms with E-state index in [2.05, 4.69) is 20.9 Å². The predicted molar refractivity (Wildman–Crippen MR) is 85.1 cm³/mol. The summed E-state index contributed by atoms with van der Waals surface area (Å²) < 4.78 is 6.91. The number of aromatic nitrogens is 1. The molecule has 0 saturated heterocycles. The van der Waals surface area contributed by atoms with Crippen LogP contribution in [0.25, 0.3) is 10.9 Å². The van der Waals surface area contributed by atoms with Gasteiger partial charge >= 0.3 is 0 Å². The molecule has 20 heavy (non-hydrogen) atoms. The van der Waals surface area contributed by atoms with Crippen molar-refractivity contribution in [3.63, 3.8) is 0 Å². The molecule has 3 rings (SSSR count). The summed E-state index contributed by atoms with van der Waals surface area (Å²) in [5.74, 6) is 1.51. The first kappa shape index (κ1) is 12.9. The molecule has 0 unspecified atom stereocenters. The van der Waals surface area contributed by atoms with Crippen molar-refractivity contribution in [3.8, 4) is 11.5 Å². The first-order chi connectivity index (χ1) is 9.65. The zero-order valence-corrected chi connectivity index (χ0v) is 12.5. The third-order valence-corrected chi connectivity index (χ3v) is 3.69. The number of anilines is 1. The van der Waals surface area contributed by atoms with Gasteiger partial charge in [-0.15, -0.1) is 0 Å². The number of fused-ring (bicyclic) bond motifs is 1. The second kappa shape index (κ2) is 5.13. The molecule has 0 fully saturated rings. The van der Waals surface area contributed by atoms with Gasteiger partial charge in [0.1, 0.15) is 11.5 Å². The molecule has 0 spiro atoms. The maximum atomic E-state index is 5.99. The van der Waals surface area contributed by atoms with Crippen LogP contribution in [0.5, 0.6) is 11.5 Å². The summed E-state index contributed by atoms with van der Waals surface area (Å²) in [5, 5.41) is 0.903. The van der Waals surface area contributed by atoms with Crippen molar-refractivity contribution in [2.75, 3.05) is 5.73 Å². The molecule has 2 aromatic carbocycles. The molecular formula is C16H13BrN2O. The highest BCUT2D eigenvalue weighted by atomic mass is 79.9. The molecule has 0 radical (unpaired) electrons. The largest absolute Gasteiger partial charge is 0.455 e. The maximum Gasteiger partial charge on any atom is 0.141 e. The zero-order chi connectivity index (χ0) is 14.1. The second-order valence-electron chi connectivity index (χ2n) is 4.59. The van der Waals surface area contributed by atoms with Crippen LogP contribution >= 0.6 is 15.9 Å². The Balaban J connectivity index is 2.09. The average Bonchev–Trinajstić information content (AvgIpc) is 2.43. The number of rotatable bonds is 2. The number of pyridine rings is 1. The van der Waals surface area contributed by atoms with E-state index in [9.17, 15) is 0 Å². The Bertz CT molecular complexity index is 787. The monoisotopic (exact) mass is 328 g/mol. The van der Waals surface area contributed by atoms with Crippen LogP contribution in [0.2, 0.25) is 0 Å². The van der Waals surface area contributed by atoms with Crippen LogP contribution in [0.4, 0.5) is 5.69 Å². The molecule has 0 aliphatic rings. The molecule has 4 heteroatoms. The van der Waals surface area contributed by atoms with E-state index in [1.807, 2.05) is 49.4 Å². The molecule has 0 atom stereocenters. The van der Waals surface area contributed by atoms with E-state index < -0.39 is 0 Å². The van der Waals surface area contributed by atoms with Gasteiger partial charge in [0.2, 0.25) is 0 Å². The molecule has 0 aliphatic heterocycles. The first-order valence-corrected chi connectivity index (χ1v) is 7.01. The van der Waals surface area contributed by atoms with Gasteiger partial charge in [0.05, 0.1) is 15.7 Å². The summed E-state index contributed by atoms with van der Waals surface area (Å²) >= 11 is 3.52. The molecule has 100 valence electrons. The minimum absolute atomic E-state index is 0.649. The van der Waals surface area contributed by atoms with Gasteiger partial charge in [-0.25, -0.2) is 0 Å². The molecular weight excluding hydrogens is 316 g/mol. The summed E-state index contributed by atoms with van der Waals surface area (Å²) in [7, 11) is 0. The average molecular weight is 329 g/mol. The Kier molecular flexibility index (Phi) is 3.32. The Hall–Kier alpha value is -2.07. The zero-order valence-electron chi connectivity index (χ0n) is 10.9. The summed E-state index contributed by atoms with van der Waals surface area (Å²) in [6.07, 6.45) is 1.70. The highest BCUT2D eigenvalue weighted by molar-refractivity contribution is 9.10. The van der Waals surface area contributed by atoms with Gasteiger partial charge in [-0.05, 0) is 58.7 Å². The molecule has 0 aliphatic carbocycles. The van der Waals surface area contributed by atoms with Crippen LogP contribution in [0.3, 0.4) is 0 Å². The third-order valence-electron chi connectivity index (χ3n) is 3.07. The van der Waals surface area contributed by atoms with E-state index >= 15 is 0 Å². The highest BCUT2D eigenvalue weighted by Crippen LogP contribution is 2.34.